The molecule has 0 spiro atoms. The number of rotatable bonds is 4. The Morgan fingerprint density at radius 3 is 2.50 bits per heavy atom. The van der Waals surface area contributed by atoms with Crippen molar-refractivity contribution >= 4 is 0 Å². The molecule has 0 aromatic rings. The van der Waals surface area contributed by atoms with E-state index >= 15 is 0 Å². The van der Waals surface area contributed by atoms with E-state index in [4.69, 9.17) is 5.11 Å². The van der Waals surface area contributed by atoms with Crippen molar-refractivity contribution in [3.05, 3.63) is 24.3 Å². The topological polar surface area (TPSA) is 20.2 Å². The highest BCUT2D eigenvalue weighted by Gasteiger charge is 1.93. The molecule has 1 unspecified atom stereocenters. The molecule has 0 bridgehead atoms. The third-order valence-electron chi connectivity index (χ3n) is 1.28. The van der Waals surface area contributed by atoms with Crippen molar-refractivity contribution in [2.24, 2.45) is 0 Å². The Hall–Kier alpha value is -0.560. The Bertz CT molecular complexity index is 114. The van der Waals surface area contributed by atoms with Gasteiger partial charge >= 0.3 is 0 Å². The van der Waals surface area contributed by atoms with E-state index in [-0.39, 0.29) is 6.10 Å². The first-order chi connectivity index (χ1) is 4.81. The van der Waals surface area contributed by atoms with Crippen LogP contribution >= 0.6 is 0 Å². The quantitative estimate of drug-likeness (QED) is 0.594. The summed E-state index contributed by atoms with van der Waals surface area (Å²) in [5, 5.41) is 9.16. The fraction of sp³-hybridized carbons (Fsp3) is 0.556. The average Bonchev–Trinajstić information content (AvgIpc) is 1.89. The largest absolute Gasteiger partial charge is 0.389 e. The zero-order chi connectivity index (χ0) is 7.82. The van der Waals surface area contributed by atoms with Gasteiger partial charge in [-0.25, -0.2) is 0 Å². The molecule has 0 aromatic heterocycles. The third kappa shape index (κ3) is 5.57. The van der Waals surface area contributed by atoms with E-state index in [2.05, 4.69) is 6.08 Å². The molecule has 0 aliphatic heterocycles. The highest BCUT2D eigenvalue weighted by Crippen LogP contribution is 1.98. The van der Waals surface area contributed by atoms with Crippen LogP contribution in [0.15, 0.2) is 24.3 Å². The van der Waals surface area contributed by atoms with Gasteiger partial charge in [-0.1, -0.05) is 24.3 Å². The van der Waals surface area contributed by atoms with Crippen molar-refractivity contribution in [3.8, 4) is 0 Å². The van der Waals surface area contributed by atoms with Gasteiger partial charge in [0.2, 0.25) is 0 Å². The summed E-state index contributed by atoms with van der Waals surface area (Å²) in [6.07, 6.45) is 9.27. The minimum Gasteiger partial charge on any atom is -0.389 e. The molecule has 1 heteroatoms. The van der Waals surface area contributed by atoms with Crippen LogP contribution in [0.4, 0.5) is 0 Å². The SMILES string of the molecule is CC=CCCC(O)C=CC. The van der Waals surface area contributed by atoms with Gasteiger partial charge in [0, 0.05) is 0 Å². The summed E-state index contributed by atoms with van der Waals surface area (Å²) in [6.45, 7) is 3.90. The van der Waals surface area contributed by atoms with Crippen LogP contribution in [-0.2, 0) is 0 Å². The molecule has 0 aliphatic rings. The molecular formula is C9H16O. The molecule has 0 radical (unpaired) electrons. The Kier molecular flexibility index (Phi) is 6.19. The summed E-state index contributed by atoms with van der Waals surface area (Å²) in [5.41, 5.74) is 0. The lowest BCUT2D eigenvalue weighted by Crippen LogP contribution is -1.99. The lowest BCUT2D eigenvalue weighted by Gasteiger charge is -2.00. The number of hydrogen-bond acceptors (Lipinski definition) is 1. The maximum absolute atomic E-state index is 9.16. The summed E-state index contributed by atoms with van der Waals surface area (Å²) in [5.74, 6) is 0. The summed E-state index contributed by atoms with van der Waals surface area (Å²) >= 11 is 0. The normalized spacial score (nSPS) is 15.1. The van der Waals surface area contributed by atoms with E-state index < -0.39 is 0 Å². The Labute approximate surface area is 63.1 Å². The number of allylic oxidation sites excluding steroid dienone is 3. The van der Waals surface area contributed by atoms with Gasteiger partial charge in [0.1, 0.15) is 0 Å². The number of aliphatic hydroxyl groups excluding tert-OH is 1. The maximum atomic E-state index is 9.16. The second-order valence-electron chi connectivity index (χ2n) is 2.24. The molecule has 1 N–H and O–H groups in total. The fourth-order valence-corrected chi connectivity index (χ4v) is 0.752. The zero-order valence-electron chi connectivity index (χ0n) is 6.75. The molecule has 1 nitrogen and oxygen atoms in total. The van der Waals surface area contributed by atoms with Gasteiger partial charge in [-0.05, 0) is 26.7 Å². The highest BCUT2D eigenvalue weighted by molar-refractivity contribution is 4.87. The van der Waals surface area contributed by atoms with Crippen LogP contribution in [0.2, 0.25) is 0 Å². The molecule has 0 heterocycles. The van der Waals surface area contributed by atoms with E-state index in [0.717, 1.165) is 12.8 Å². The van der Waals surface area contributed by atoms with Gasteiger partial charge in [0.25, 0.3) is 0 Å². The third-order valence-corrected chi connectivity index (χ3v) is 1.28. The van der Waals surface area contributed by atoms with Crippen molar-refractivity contribution in [3.63, 3.8) is 0 Å². The Morgan fingerprint density at radius 1 is 1.30 bits per heavy atom. The lowest BCUT2D eigenvalue weighted by atomic mass is 10.2. The van der Waals surface area contributed by atoms with Gasteiger partial charge in [-0.2, -0.15) is 0 Å². The molecule has 0 saturated heterocycles. The summed E-state index contributed by atoms with van der Waals surface area (Å²) in [4.78, 5) is 0. The van der Waals surface area contributed by atoms with Crippen LogP contribution in [0.3, 0.4) is 0 Å². The first kappa shape index (κ1) is 9.44. The number of hydrogen-bond donors (Lipinski definition) is 1. The van der Waals surface area contributed by atoms with Crippen LogP contribution in [-0.4, -0.2) is 11.2 Å². The van der Waals surface area contributed by atoms with Crippen molar-refractivity contribution < 1.29 is 5.11 Å². The van der Waals surface area contributed by atoms with Crippen molar-refractivity contribution in [1.29, 1.82) is 0 Å². The molecule has 0 saturated carbocycles. The second kappa shape index (κ2) is 6.56. The first-order valence-electron chi connectivity index (χ1n) is 3.73. The smallest absolute Gasteiger partial charge is 0.0723 e. The molecule has 0 rings (SSSR count). The molecule has 0 aliphatic carbocycles. The predicted octanol–water partition coefficient (Wildman–Crippen LogP) is 2.28. The van der Waals surface area contributed by atoms with Crippen LogP contribution in [0.5, 0.6) is 0 Å². The molecule has 0 amide bonds. The minimum absolute atomic E-state index is 0.263. The molecular weight excluding hydrogens is 124 g/mol. The summed E-state index contributed by atoms with van der Waals surface area (Å²) in [6, 6.07) is 0. The van der Waals surface area contributed by atoms with Crippen molar-refractivity contribution in [1.82, 2.24) is 0 Å². The zero-order valence-corrected chi connectivity index (χ0v) is 6.75. The molecule has 0 fully saturated rings. The second-order valence-corrected chi connectivity index (χ2v) is 2.24. The minimum atomic E-state index is -0.263. The van der Waals surface area contributed by atoms with Gasteiger partial charge in [0.05, 0.1) is 6.10 Å². The maximum Gasteiger partial charge on any atom is 0.0723 e. The van der Waals surface area contributed by atoms with Crippen molar-refractivity contribution in [2.45, 2.75) is 32.8 Å². The Morgan fingerprint density at radius 2 is 2.00 bits per heavy atom. The van der Waals surface area contributed by atoms with Gasteiger partial charge in [0.15, 0.2) is 0 Å². The molecule has 1 atom stereocenters. The van der Waals surface area contributed by atoms with Crippen LogP contribution in [0, 0.1) is 0 Å². The van der Waals surface area contributed by atoms with Gasteiger partial charge in [-0.15, -0.1) is 0 Å². The van der Waals surface area contributed by atoms with E-state index in [9.17, 15) is 0 Å². The van der Waals surface area contributed by atoms with Gasteiger partial charge in [-0.3, -0.25) is 0 Å². The standard InChI is InChI=1S/C9H16O/c1-3-5-6-8-9(10)7-4-2/h3-5,7,9-10H,6,8H2,1-2H3. The lowest BCUT2D eigenvalue weighted by molar-refractivity contribution is 0.214. The van der Waals surface area contributed by atoms with Crippen LogP contribution < -0.4 is 0 Å². The monoisotopic (exact) mass is 140 g/mol. The first-order valence-corrected chi connectivity index (χ1v) is 3.73. The highest BCUT2D eigenvalue weighted by atomic mass is 16.3. The van der Waals surface area contributed by atoms with Crippen LogP contribution in [0.25, 0.3) is 0 Å². The predicted molar refractivity (Wildman–Crippen MR) is 44.9 cm³/mol. The molecule has 58 valence electrons. The fourth-order valence-electron chi connectivity index (χ4n) is 0.752. The molecule has 0 aromatic carbocycles. The van der Waals surface area contributed by atoms with E-state index in [0.29, 0.717) is 0 Å². The number of aliphatic hydroxyl groups is 1. The van der Waals surface area contributed by atoms with E-state index in [1.54, 1.807) is 0 Å². The van der Waals surface area contributed by atoms with Crippen LogP contribution in [0.1, 0.15) is 26.7 Å². The van der Waals surface area contributed by atoms with Gasteiger partial charge < -0.3 is 5.11 Å². The average molecular weight is 140 g/mol. The Balaban J connectivity index is 3.30. The molecule has 10 heavy (non-hydrogen) atoms. The summed E-state index contributed by atoms with van der Waals surface area (Å²) in [7, 11) is 0. The van der Waals surface area contributed by atoms with E-state index in [1.807, 2.05) is 32.1 Å². The summed E-state index contributed by atoms with van der Waals surface area (Å²) < 4.78 is 0. The van der Waals surface area contributed by atoms with E-state index in [1.165, 1.54) is 0 Å². The van der Waals surface area contributed by atoms with Crippen molar-refractivity contribution in [2.75, 3.05) is 0 Å².